The van der Waals surface area contributed by atoms with Gasteiger partial charge in [0.1, 0.15) is 6.61 Å². The average Bonchev–Trinajstić information content (AvgIpc) is 3.04. The summed E-state index contributed by atoms with van der Waals surface area (Å²) in [4.78, 5) is 26.8. The van der Waals surface area contributed by atoms with Gasteiger partial charge in [0, 0.05) is 6.42 Å². The molecule has 9 nitrogen and oxygen atoms in total. The summed E-state index contributed by atoms with van der Waals surface area (Å²) in [7, 11) is 0. The molecule has 1 amide bonds. The lowest BCUT2D eigenvalue weighted by Gasteiger charge is -2.38. The molecule has 1 aromatic carbocycles. The van der Waals surface area contributed by atoms with Crippen molar-refractivity contribution in [3.05, 3.63) is 47.6 Å². The van der Waals surface area contributed by atoms with Crippen LogP contribution < -0.4 is 5.32 Å². The number of hydrogen-bond donors (Lipinski definition) is 2. The van der Waals surface area contributed by atoms with Crippen LogP contribution in [0.3, 0.4) is 0 Å². The number of hydrogen-bond acceptors (Lipinski definition) is 7. The topological polar surface area (TPSA) is 124 Å². The summed E-state index contributed by atoms with van der Waals surface area (Å²) < 4.78 is 15.4. The Morgan fingerprint density at radius 1 is 1.28 bits per heavy atom. The first-order valence-electron chi connectivity index (χ1n) is 7.69. The molecule has 1 saturated heterocycles. The van der Waals surface area contributed by atoms with Gasteiger partial charge >= 0.3 is 12.1 Å². The molecule has 0 atom stereocenters. The summed E-state index contributed by atoms with van der Waals surface area (Å²) in [6.45, 7) is 0.510. The van der Waals surface area contributed by atoms with Crippen molar-refractivity contribution in [2.24, 2.45) is 0 Å². The molecule has 0 bridgehead atoms. The van der Waals surface area contributed by atoms with E-state index >= 15 is 0 Å². The zero-order valence-corrected chi connectivity index (χ0v) is 13.3. The minimum Gasteiger partial charge on any atom is -0.481 e. The van der Waals surface area contributed by atoms with E-state index in [2.05, 4.69) is 15.5 Å². The lowest BCUT2D eigenvalue weighted by atomic mass is 9.97. The van der Waals surface area contributed by atoms with Crippen molar-refractivity contribution in [1.29, 1.82) is 0 Å². The van der Waals surface area contributed by atoms with E-state index in [1.807, 2.05) is 30.3 Å². The van der Waals surface area contributed by atoms with Crippen molar-refractivity contribution in [2.45, 2.75) is 25.0 Å². The summed E-state index contributed by atoms with van der Waals surface area (Å²) in [6.07, 6.45) is -0.612. The van der Waals surface area contributed by atoms with Gasteiger partial charge < -0.3 is 24.4 Å². The molecule has 2 N–H and O–H groups in total. The Morgan fingerprint density at radius 3 is 2.68 bits per heavy atom. The number of ether oxygens (including phenoxy) is 2. The highest BCUT2D eigenvalue weighted by Crippen LogP contribution is 2.27. The predicted molar refractivity (Wildman–Crippen MR) is 82.5 cm³/mol. The second-order valence-corrected chi connectivity index (χ2v) is 5.67. The lowest BCUT2D eigenvalue weighted by Crippen LogP contribution is -2.60. The number of carbonyl (C=O) groups excluding carboxylic acids is 1. The highest BCUT2D eigenvalue weighted by atomic mass is 16.6. The second-order valence-electron chi connectivity index (χ2n) is 5.67. The average molecular weight is 347 g/mol. The number of carboxylic acids is 1. The molecule has 0 spiro atoms. The molecule has 0 aliphatic carbocycles. The fourth-order valence-electron chi connectivity index (χ4n) is 2.28. The summed E-state index contributed by atoms with van der Waals surface area (Å²) in [5.74, 6) is -0.511. The number of nitrogens with zero attached hydrogens (tertiary/aromatic N) is 2. The van der Waals surface area contributed by atoms with Gasteiger partial charge in [0.2, 0.25) is 11.7 Å². The smallest absolute Gasteiger partial charge is 0.408 e. The van der Waals surface area contributed by atoms with Gasteiger partial charge in [0.25, 0.3) is 0 Å². The summed E-state index contributed by atoms with van der Waals surface area (Å²) in [5, 5.41) is 15.2. The number of rotatable bonds is 7. The Labute approximate surface area is 142 Å². The zero-order valence-electron chi connectivity index (χ0n) is 13.3. The van der Waals surface area contributed by atoms with Gasteiger partial charge in [-0.1, -0.05) is 35.5 Å². The van der Waals surface area contributed by atoms with Crippen molar-refractivity contribution < 1.29 is 28.7 Å². The number of aliphatic carboxylic acids is 1. The Balaban J connectivity index is 1.59. The van der Waals surface area contributed by atoms with Gasteiger partial charge in [-0.3, -0.25) is 4.79 Å². The Hall–Kier alpha value is -2.94. The zero-order chi connectivity index (χ0) is 17.7. The number of benzene rings is 1. The number of amides is 1. The molecule has 1 fully saturated rings. The van der Waals surface area contributed by atoms with E-state index in [0.717, 1.165) is 5.56 Å². The van der Waals surface area contributed by atoms with Gasteiger partial charge in [-0.15, -0.1) is 0 Å². The van der Waals surface area contributed by atoms with Crippen LogP contribution in [-0.4, -0.2) is 40.5 Å². The highest BCUT2D eigenvalue weighted by Gasteiger charge is 2.46. The molecule has 0 unspecified atom stereocenters. The number of aromatic nitrogens is 2. The SMILES string of the molecule is O=C(O)CCc1nc(C2(NC(=O)OCc3ccccc3)COC2)no1. The van der Waals surface area contributed by atoms with E-state index in [9.17, 15) is 9.59 Å². The first kappa shape index (κ1) is 16.9. The highest BCUT2D eigenvalue weighted by molar-refractivity contribution is 5.69. The largest absolute Gasteiger partial charge is 0.481 e. The maximum Gasteiger partial charge on any atom is 0.408 e. The van der Waals surface area contributed by atoms with E-state index in [1.54, 1.807) is 0 Å². The van der Waals surface area contributed by atoms with Gasteiger partial charge in [0.05, 0.1) is 19.6 Å². The normalized spacial score (nSPS) is 15.2. The van der Waals surface area contributed by atoms with Crippen molar-refractivity contribution in [1.82, 2.24) is 15.5 Å². The third-order valence-corrected chi connectivity index (χ3v) is 3.70. The number of carboxylic acid groups (broad SMARTS) is 1. The van der Waals surface area contributed by atoms with Gasteiger partial charge in [-0.05, 0) is 5.56 Å². The van der Waals surface area contributed by atoms with Crippen molar-refractivity contribution in [3.63, 3.8) is 0 Å². The fourth-order valence-corrected chi connectivity index (χ4v) is 2.28. The van der Waals surface area contributed by atoms with Crippen LogP contribution in [0.2, 0.25) is 0 Å². The maximum absolute atomic E-state index is 12.1. The number of aryl methyl sites for hydroxylation is 1. The molecule has 3 rings (SSSR count). The number of carbonyl (C=O) groups is 2. The van der Waals surface area contributed by atoms with Gasteiger partial charge in [-0.2, -0.15) is 4.98 Å². The molecule has 0 radical (unpaired) electrons. The van der Waals surface area contributed by atoms with Crippen LogP contribution in [0.5, 0.6) is 0 Å². The third-order valence-electron chi connectivity index (χ3n) is 3.70. The number of alkyl carbamates (subject to hydrolysis) is 1. The standard InChI is InChI=1S/C16H17N3O6/c20-13(21)7-6-12-17-14(19-25-12)16(9-23-10-16)18-15(22)24-8-11-4-2-1-3-5-11/h1-5H,6-10H2,(H,18,22)(H,20,21). The maximum atomic E-state index is 12.1. The minimum absolute atomic E-state index is 0.113. The van der Waals surface area contributed by atoms with Crippen LogP contribution in [0, 0.1) is 0 Å². The molecule has 25 heavy (non-hydrogen) atoms. The predicted octanol–water partition coefficient (Wildman–Crippen LogP) is 1.24. The van der Waals surface area contributed by atoms with Crippen LogP contribution >= 0.6 is 0 Å². The molecule has 9 heteroatoms. The van der Waals surface area contributed by atoms with Crippen molar-refractivity contribution in [3.8, 4) is 0 Å². The summed E-state index contributed by atoms with van der Waals surface area (Å²) in [5.41, 5.74) is -0.0502. The monoisotopic (exact) mass is 347 g/mol. The van der Waals surface area contributed by atoms with Gasteiger partial charge in [-0.25, -0.2) is 4.79 Å². The molecule has 1 aliphatic rings. The Kier molecular flexibility index (Phi) is 4.94. The number of nitrogens with one attached hydrogen (secondary N) is 1. The first-order chi connectivity index (χ1) is 12.1. The quantitative estimate of drug-likeness (QED) is 0.766. The molecular weight excluding hydrogens is 330 g/mol. The van der Waals surface area contributed by atoms with Crippen molar-refractivity contribution in [2.75, 3.05) is 13.2 Å². The molecule has 2 heterocycles. The minimum atomic E-state index is -0.955. The first-order valence-corrected chi connectivity index (χ1v) is 7.69. The van der Waals surface area contributed by atoms with Crippen LogP contribution in [-0.2, 0) is 32.8 Å². The molecule has 0 saturated carbocycles. The van der Waals surface area contributed by atoms with E-state index in [-0.39, 0.29) is 44.4 Å². The third kappa shape index (κ3) is 4.13. The Morgan fingerprint density at radius 2 is 2.04 bits per heavy atom. The van der Waals surface area contributed by atoms with Gasteiger partial charge in [0.15, 0.2) is 5.54 Å². The fraction of sp³-hybridized carbons (Fsp3) is 0.375. The van der Waals surface area contributed by atoms with E-state index < -0.39 is 17.6 Å². The van der Waals surface area contributed by atoms with Crippen LogP contribution in [0.15, 0.2) is 34.9 Å². The molecular formula is C16H17N3O6. The van der Waals surface area contributed by atoms with Crippen LogP contribution in [0.25, 0.3) is 0 Å². The molecule has 1 aromatic heterocycles. The van der Waals surface area contributed by atoms with Crippen molar-refractivity contribution >= 4 is 12.1 Å². The van der Waals surface area contributed by atoms with Crippen LogP contribution in [0.4, 0.5) is 4.79 Å². The second kappa shape index (κ2) is 7.31. The Bertz CT molecular complexity index is 741. The van der Waals surface area contributed by atoms with E-state index in [4.69, 9.17) is 19.1 Å². The summed E-state index contributed by atoms with van der Waals surface area (Å²) in [6, 6.07) is 9.29. The van der Waals surface area contributed by atoms with E-state index in [0.29, 0.717) is 0 Å². The lowest BCUT2D eigenvalue weighted by molar-refractivity contribution is -0.137. The molecule has 1 aliphatic heterocycles. The molecule has 2 aromatic rings. The van der Waals surface area contributed by atoms with Crippen LogP contribution in [0.1, 0.15) is 23.7 Å². The van der Waals surface area contributed by atoms with E-state index in [1.165, 1.54) is 0 Å². The summed E-state index contributed by atoms with van der Waals surface area (Å²) >= 11 is 0. The molecule has 132 valence electrons.